The first-order valence-corrected chi connectivity index (χ1v) is 8.00. The molecule has 1 aliphatic heterocycles. The SMILES string of the molecule is Cn1cc(Cl)c(CN2CCc3nc(C4CC4)[nH]c(=O)c3C2)n1. The minimum atomic E-state index is 0.0173. The molecular weight excluding hydrogens is 302 g/mol. The van der Waals surface area contributed by atoms with Gasteiger partial charge in [-0.3, -0.25) is 14.4 Å². The lowest BCUT2D eigenvalue weighted by molar-refractivity contribution is 0.238. The van der Waals surface area contributed by atoms with Gasteiger partial charge in [0.2, 0.25) is 0 Å². The molecule has 0 aromatic carbocycles. The van der Waals surface area contributed by atoms with Crippen molar-refractivity contribution in [2.24, 2.45) is 7.05 Å². The predicted molar refractivity (Wildman–Crippen MR) is 82.9 cm³/mol. The van der Waals surface area contributed by atoms with E-state index in [1.165, 1.54) is 0 Å². The summed E-state index contributed by atoms with van der Waals surface area (Å²) in [5, 5.41) is 5.04. The zero-order valence-electron chi connectivity index (χ0n) is 12.5. The maximum absolute atomic E-state index is 12.3. The first kappa shape index (κ1) is 14.0. The first-order chi connectivity index (χ1) is 10.6. The van der Waals surface area contributed by atoms with E-state index in [1.54, 1.807) is 10.9 Å². The molecule has 116 valence electrons. The van der Waals surface area contributed by atoms with E-state index in [1.807, 2.05) is 7.05 Å². The number of nitrogens with zero attached hydrogens (tertiary/aromatic N) is 4. The lowest BCUT2D eigenvalue weighted by atomic mass is 10.1. The van der Waals surface area contributed by atoms with Crippen LogP contribution in [0.15, 0.2) is 11.0 Å². The summed E-state index contributed by atoms with van der Waals surface area (Å²) >= 11 is 6.17. The van der Waals surface area contributed by atoms with Crippen LogP contribution in [0.3, 0.4) is 0 Å². The van der Waals surface area contributed by atoms with Gasteiger partial charge in [0.15, 0.2) is 0 Å². The molecule has 1 fully saturated rings. The van der Waals surface area contributed by atoms with Gasteiger partial charge in [-0.05, 0) is 12.8 Å². The molecule has 0 saturated heterocycles. The summed E-state index contributed by atoms with van der Waals surface area (Å²) in [6.07, 6.45) is 4.90. The number of fused-ring (bicyclic) bond motifs is 1. The number of nitrogens with one attached hydrogen (secondary N) is 1. The van der Waals surface area contributed by atoms with Crippen LogP contribution in [-0.4, -0.2) is 31.2 Å². The fourth-order valence-corrected chi connectivity index (χ4v) is 3.25. The molecule has 1 N–H and O–H groups in total. The average molecular weight is 320 g/mol. The Balaban J connectivity index is 1.56. The smallest absolute Gasteiger partial charge is 0.255 e. The Bertz CT molecular complexity index is 777. The molecule has 0 spiro atoms. The topological polar surface area (TPSA) is 66.8 Å². The minimum Gasteiger partial charge on any atom is -0.310 e. The number of aryl methyl sites for hydroxylation is 1. The highest BCUT2D eigenvalue weighted by Gasteiger charge is 2.29. The minimum absolute atomic E-state index is 0.0173. The fraction of sp³-hybridized carbons (Fsp3) is 0.533. The summed E-state index contributed by atoms with van der Waals surface area (Å²) in [5.41, 5.74) is 2.63. The molecule has 6 nitrogen and oxygen atoms in total. The Hall–Kier alpha value is -1.66. The van der Waals surface area contributed by atoms with E-state index in [0.29, 0.717) is 24.0 Å². The molecule has 0 amide bonds. The predicted octanol–water partition coefficient (Wildman–Crippen LogP) is 1.59. The summed E-state index contributed by atoms with van der Waals surface area (Å²) in [6, 6.07) is 0. The van der Waals surface area contributed by atoms with E-state index in [4.69, 9.17) is 11.6 Å². The van der Waals surface area contributed by atoms with Crippen molar-refractivity contribution in [3.8, 4) is 0 Å². The molecule has 0 unspecified atom stereocenters. The normalized spacial score (nSPS) is 18.5. The van der Waals surface area contributed by atoms with Crippen LogP contribution in [0.25, 0.3) is 0 Å². The number of aromatic nitrogens is 4. The van der Waals surface area contributed by atoms with Gasteiger partial charge in [0.05, 0.1) is 22.0 Å². The first-order valence-electron chi connectivity index (χ1n) is 7.62. The van der Waals surface area contributed by atoms with Crippen molar-refractivity contribution in [1.82, 2.24) is 24.6 Å². The standard InChI is InChI=1S/C15H18ClN5O/c1-20-7-11(16)13(19-20)8-21-5-4-12-10(6-21)15(22)18-14(17-12)9-2-3-9/h7,9H,2-6,8H2,1H3,(H,17,18,22). The summed E-state index contributed by atoms with van der Waals surface area (Å²) in [7, 11) is 1.86. The number of H-pyrrole nitrogens is 1. The Morgan fingerprint density at radius 2 is 2.27 bits per heavy atom. The zero-order valence-corrected chi connectivity index (χ0v) is 13.2. The summed E-state index contributed by atoms with van der Waals surface area (Å²) < 4.78 is 1.71. The van der Waals surface area contributed by atoms with Gasteiger partial charge in [-0.2, -0.15) is 5.10 Å². The largest absolute Gasteiger partial charge is 0.310 e. The third kappa shape index (κ3) is 2.57. The molecule has 2 aromatic rings. The lowest BCUT2D eigenvalue weighted by Gasteiger charge is -2.27. The number of halogens is 1. The third-order valence-electron chi connectivity index (χ3n) is 4.36. The van der Waals surface area contributed by atoms with Crippen LogP contribution >= 0.6 is 11.6 Å². The fourth-order valence-electron chi connectivity index (χ4n) is 3.01. The van der Waals surface area contributed by atoms with Crippen LogP contribution in [0.4, 0.5) is 0 Å². The van der Waals surface area contributed by atoms with Crippen molar-refractivity contribution in [2.75, 3.05) is 6.54 Å². The number of aromatic amines is 1. The van der Waals surface area contributed by atoms with Crippen LogP contribution in [0.5, 0.6) is 0 Å². The van der Waals surface area contributed by atoms with Gasteiger partial charge < -0.3 is 4.98 Å². The maximum atomic E-state index is 12.3. The van der Waals surface area contributed by atoms with Gasteiger partial charge in [-0.1, -0.05) is 11.6 Å². The van der Waals surface area contributed by atoms with Crippen molar-refractivity contribution >= 4 is 11.6 Å². The average Bonchev–Trinajstić information content (AvgIpc) is 3.27. The highest BCUT2D eigenvalue weighted by atomic mass is 35.5. The summed E-state index contributed by atoms with van der Waals surface area (Å²) in [5.74, 6) is 1.35. The van der Waals surface area contributed by atoms with Gasteiger partial charge in [-0.25, -0.2) is 4.98 Å². The maximum Gasteiger partial charge on any atom is 0.255 e. The molecule has 2 aliphatic rings. The Kier molecular flexibility index (Phi) is 3.31. The van der Waals surface area contributed by atoms with Crippen LogP contribution in [0.1, 0.15) is 41.5 Å². The molecule has 3 heterocycles. The molecule has 0 bridgehead atoms. The highest BCUT2D eigenvalue weighted by molar-refractivity contribution is 6.31. The molecule has 1 aliphatic carbocycles. The van der Waals surface area contributed by atoms with Gasteiger partial charge in [0, 0.05) is 45.2 Å². The molecule has 0 radical (unpaired) electrons. The second kappa shape index (κ2) is 5.21. The van der Waals surface area contributed by atoms with E-state index in [9.17, 15) is 4.79 Å². The van der Waals surface area contributed by atoms with E-state index in [-0.39, 0.29) is 5.56 Å². The van der Waals surface area contributed by atoms with Gasteiger partial charge in [0.25, 0.3) is 5.56 Å². The second-order valence-electron chi connectivity index (χ2n) is 6.21. The summed E-state index contributed by atoms with van der Waals surface area (Å²) in [6.45, 7) is 2.14. The monoisotopic (exact) mass is 319 g/mol. The Morgan fingerprint density at radius 1 is 1.45 bits per heavy atom. The second-order valence-corrected chi connectivity index (χ2v) is 6.62. The van der Waals surface area contributed by atoms with Crippen LogP contribution in [0, 0.1) is 0 Å². The van der Waals surface area contributed by atoms with Gasteiger partial charge in [0.1, 0.15) is 5.82 Å². The molecule has 7 heteroatoms. The Morgan fingerprint density at radius 3 is 2.95 bits per heavy atom. The van der Waals surface area contributed by atoms with E-state index in [2.05, 4.69) is 20.0 Å². The molecular formula is C15H18ClN5O. The van der Waals surface area contributed by atoms with E-state index < -0.39 is 0 Å². The van der Waals surface area contributed by atoms with Gasteiger partial charge >= 0.3 is 0 Å². The lowest BCUT2D eigenvalue weighted by Crippen LogP contribution is -2.36. The number of rotatable bonds is 3. The Labute approximate surface area is 133 Å². The number of hydrogen-bond acceptors (Lipinski definition) is 4. The van der Waals surface area contributed by atoms with E-state index in [0.717, 1.165) is 48.6 Å². The number of hydrogen-bond donors (Lipinski definition) is 1. The zero-order chi connectivity index (χ0) is 15.3. The van der Waals surface area contributed by atoms with Crippen molar-refractivity contribution in [3.05, 3.63) is 44.3 Å². The quantitative estimate of drug-likeness (QED) is 0.933. The summed E-state index contributed by atoms with van der Waals surface area (Å²) in [4.78, 5) is 22.1. The molecule has 2 aromatic heterocycles. The van der Waals surface area contributed by atoms with Crippen LogP contribution < -0.4 is 5.56 Å². The van der Waals surface area contributed by atoms with E-state index >= 15 is 0 Å². The highest BCUT2D eigenvalue weighted by Crippen LogP contribution is 2.37. The van der Waals surface area contributed by atoms with Crippen LogP contribution in [-0.2, 0) is 26.6 Å². The third-order valence-corrected chi connectivity index (χ3v) is 4.67. The molecule has 4 rings (SSSR count). The van der Waals surface area contributed by atoms with Crippen molar-refractivity contribution < 1.29 is 0 Å². The van der Waals surface area contributed by atoms with Crippen LogP contribution in [0.2, 0.25) is 5.02 Å². The molecule has 1 saturated carbocycles. The van der Waals surface area contributed by atoms with Crippen molar-refractivity contribution in [1.29, 1.82) is 0 Å². The van der Waals surface area contributed by atoms with Crippen molar-refractivity contribution in [2.45, 2.75) is 38.3 Å². The molecule has 22 heavy (non-hydrogen) atoms. The molecule has 0 atom stereocenters. The van der Waals surface area contributed by atoms with Gasteiger partial charge in [-0.15, -0.1) is 0 Å². The van der Waals surface area contributed by atoms with Crippen molar-refractivity contribution in [3.63, 3.8) is 0 Å².